The topological polar surface area (TPSA) is 108 Å². The number of alkyl halides is 3. The maximum atomic E-state index is 13.1. The Balaban J connectivity index is 1.63. The average Bonchev–Trinajstić information content (AvgIpc) is 3.17. The lowest BCUT2D eigenvalue weighted by Crippen LogP contribution is -2.10. The molecule has 0 atom stereocenters. The number of aryl methyl sites for hydroxylation is 2. The number of fused-ring (bicyclic) bond motifs is 1. The fraction of sp³-hybridized carbons (Fsp3) is 0.182. The number of carboxylic acid groups (broad SMARTS) is 1. The van der Waals surface area contributed by atoms with Crippen LogP contribution in [0.2, 0.25) is 5.02 Å². The van der Waals surface area contributed by atoms with E-state index in [1.54, 1.807) is 26.0 Å². The molecular formula is C22H15ClF3N3O5. The van der Waals surface area contributed by atoms with Gasteiger partial charge in [-0.15, -0.1) is 0 Å². The first-order valence-electron chi connectivity index (χ1n) is 9.66. The van der Waals surface area contributed by atoms with Gasteiger partial charge in [-0.3, -0.25) is 0 Å². The number of rotatable bonds is 6. The van der Waals surface area contributed by atoms with Crippen LogP contribution in [0.3, 0.4) is 0 Å². The van der Waals surface area contributed by atoms with Crippen molar-refractivity contribution in [2.75, 3.05) is 6.61 Å². The summed E-state index contributed by atoms with van der Waals surface area (Å²) in [7, 11) is 0. The third kappa shape index (κ3) is 4.74. The first-order chi connectivity index (χ1) is 16.0. The summed E-state index contributed by atoms with van der Waals surface area (Å²) in [5.41, 5.74) is 1.22. The van der Waals surface area contributed by atoms with Crippen molar-refractivity contribution >= 4 is 28.8 Å². The van der Waals surface area contributed by atoms with E-state index in [2.05, 4.69) is 15.0 Å². The van der Waals surface area contributed by atoms with Gasteiger partial charge in [-0.2, -0.15) is 18.2 Å². The van der Waals surface area contributed by atoms with Crippen LogP contribution in [0, 0.1) is 13.8 Å². The smallest absolute Gasteiger partial charge is 0.417 e. The molecular weight excluding hydrogens is 479 g/mol. The summed E-state index contributed by atoms with van der Waals surface area (Å²) in [5.74, 6) is -0.714. The second-order valence-corrected chi connectivity index (χ2v) is 7.58. The van der Waals surface area contributed by atoms with Crippen LogP contribution in [0.15, 0.2) is 40.9 Å². The van der Waals surface area contributed by atoms with Crippen molar-refractivity contribution in [1.82, 2.24) is 15.0 Å². The van der Waals surface area contributed by atoms with Gasteiger partial charge < -0.3 is 19.0 Å². The Kier molecular flexibility index (Phi) is 6.05. The maximum absolute atomic E-state index is 13.1. The van der Waals surface area contributed by atoms with Crippen LogP contribution >= 0.6 is 11.6 Å². The standard InChI is InChI=1S/C22H15ClF3N3O5/c1-10-6-12(7-11(2)18(10)32-9-16(30)31)19-28-14-8-27-21(29-20(14)34-19)33-15-5-3-4-13(17(15)23)22(24,25)26/h3-8H,9H2,1-2H3,(H,30,31). The highest BCUT2D eigenvalue weighted by Crippen LogP contribution is 2.40. The van der Waals surface area contributed by atoms with E-state index in [-0.39, 0.29) is 23.4 Å². The molecule has 176 valence electrons. The molecule has 2 aromatic heterocycles. The molecule has 8 nitrogen and oxygen atoms in total. The third-order valence-electron chi connectivity index (χ3n) is 4.65. The number of benzene rings is 2. The zero-order valence-corrected chi connectivity index (χ0v) is 18.4. The lowest BCUT2D eigenvalue weighted by atomic mass is 10.1. The molecule has 4 aromatic rings. The molecule has 0 unspecified atom stereocenters. The number of aromatic nitrogens is 3. The first-order valence-corrected chi connectivity index (χ1v) is 10.0. The van der Waals surface area contributed by atoms with Gasteiger partial charge in [-0.25, -0.2) is 14.8 Å². The monoisotopic (exact) mass is 493 g/mol. The van der Waals surface area contributed by atoms with E-state index in [1.165, 1.54) is 12.3 Å². The zero-order chi connectivity index (χ0) is 24.6. The summed E-state index contributed by atoms with van der Waals surface area (Å²) in [4.78, 5) is 23.1. The van der Waals surface area contributed by atoms with Crippen molar-refractivity contribution in [2.45, 2.75) is 20.0 Å². The van der Waals surface area contributed by atoms with Gasteiger partial charge in [0.1, 0.15) is 17.0 Å². The van der Waals surface area contributed by atoms with E-state index in [0.717, 1.165) is 12.1 Å². The molecule has 0 amide bonds. The number of ether oxygens (including phenoxy) is 2. The predicted molar refractivity (Wildman–Crippen MR) is 114 cm³/mol. The Hall–Kier alpha value is -3.86. The van der Waals surface area contributed by atoms with Gasteiger partial charge in [0.25, 0.3) is 5.71 Å². The molecule has 34 heavy (non-hydrogen) atoms. The summed E-state index contributed by atoms with van der Waals surface area (Å²) >= 11 is 5.85. The summed E-state index contributed by atoms with van der Waals surface area (Å²) < 4.78 is 55.6. The number of oxazole rings is 1. The minimum atomic E-state index is -4.65. The normalized spacial score (nSPS) is 11.6. The number of hydrogen-bond acceptors (Lipinski definition) is 7. The molecule has 0 bridgehead atoms. The second-order valence-electron chi connectivity index (χ2n) is 7.20. The number of halogens is 4. The van der Waals surface area contributed by atoms with Gasteiger partial charge in [0.2, 0.25) is 5.89 Å². The van der Waals surface area contributed by atoms with Gasteiger partial charge in [0, 0.05) is 5.56 Å². The summed E-state index contributed by atoms with van der Waals surface area (Å²) in [6.45, 7) is 3.03. The van der Waals surface area contributed by atoms with Crippen LogP contribution in [0.25, 0.3) is 22.7 Å². The molecule has 0 spiro atoms. The average molecular weight is 494 g/mol. The predicted octanol–water partition coefficient (Wildman–Crippen LogP) is 5.83. The Morgan fingerprint density at radius 3 is 2.53 bits per heavy atom. The fourth-order valence-corrected chi connectivity index (χ4v) is 3.51. The lowest BCUT2D eigenvalue weighted by Gasteiger charge is -2.11. The molecule has 1 N–H and O–H groups in total. The van der Waals surface area contributed by atoms with E-state index >= 15 is 0 Å². The Bertz CT molecular complexity index is 1380. The number of aliphatic carboxylic acids is 1. The van der Waals surface area contributed by atoms with Gasteiger partial charge >= 0.3 is 18.2 Å². The van der Waals surface area contributed by atoms with Gasteiger partial charge in [-0.1, -0.05) is 17.7 Å². The van der Waals surface area contributed by atoms with Crippen LogP contribution in [-0.4, -0.2) is 32.6 Å². The van der Waals surface area contributed by atoms with E-state index < -0.39 is 29.3 Å². The third-order valence-corrected chi connectivity index (χ3v) is 5.04. The van der Waals surface area contributed by atoms with Crippen LogP contribution in [0.5, 0.6) is 17.5 Å². The van der Waals surface area contributed by atoms with Crippen molar-refractivity contribution in [1.29, 1.82) is 0 Å². The second kappa shape index (κ2) is 8.82. The molecule has 0 radical (unpaired) electrons. The molecule has 0 aliphatic rings. The van der Waals surface area contributed by atoms with Gasteiger partial charge in [0.05, 0.1) is 16.8 Å². The molecule has 0 saturated carbocycles. The molecule has 0 fully saturated rings. The Morgan fingerprint density at radius 1 is 1.18 bits per heavy atom. The summed E-state index contributed by atoms with van der Waals surface area (Å²) in [6, 6.07) is 6.40. The Labute approximate surface area is 194 Å². The van der Waals surface area contributed by atoms with Crippen LogP contribution in [0.1, 0.15) is 16.7 Å². The quantitative estimate of drug-likeness (QED) is 0.357. The molecule has 2 heterocycles. The molecule has 4 rings (SSSR count). The Morgan fingerprint density at radius 2 is 1.88 bits per heavy atom. The highest BCUT2D eigenvalue weighted by atomic mass is 35.5. The van der Waals surface area contributed by atoms with E-state index in [9.17, 15) is 18.0 Å². The molecule has 2 aromatic carbocycles. The highest BCUT2D eigenvalue weighted by molar-refractivity contribution is 6.32. The van der Waals surface area contributed by atoms with Crippen LogP contribution in [0.4, 0.5) is 13.2 Å². The van der Waals surface area contributed by atoms with Gasteiger partial charge in [0.15, 0.2) is 6.61 Å². The minimum Gasteiger partial charge on any atom is -0.481 e. The molecule has 0 aliphatic heterocycles. The minimum absolute atomic E-state index is 0.0459. The molecule has 12 heteroatoms. The summed E-state index contributed by atoms with van der Waals surface area (Å²) in [6.07, 6.45) is -3.35. The molecule has 0 aliphatic carbocycles. The number of carboxylic acids is 1. The van der Waals surface area contributed by atoms with E-state index in [0.29, 0.717) is 28.0 Å². The fourth-order valence-electron chi connectivity index (χ4n) is 3.24. The first kappa shape index (κ1) is 23.3. The van der Waals surface area contributed by atoms with Crippen LogP contribution < -0.4 is 9.47 Å². The van der Waals surface area contributed by atoms with Crippen LogP contribution in [-0.2, 0) is 11.0 Å². The van der Waals surface area contributed by atoms with Crippen molar-refractivity contribution in [2.24, 2.45) is 0 Å². The van der Waals surface area contributed by atoms with Crippen molar-refractivity contribution in [3.8, 4) is 29.0 Å². The summed E-state index contributed by atoms with van der Waals surface area (Å²) in [5, 5.41) is 8.20. The number of carbonyl (C=O) groups is 1. The zero-order valence-electron chi connectivity index (χ0n) is 17.6. The van der Waals surface area contributed by atoms with Crippen molar-refractivity contribution < 1.29 is 37.0 Å². The number of hydrogen-bond donors (Lipinski definition) is 1. The van der Waals surface area contributed by atoms with E-state index in [1.807, 2.05) is 0 Å². The number of nitrogens with zero attached hydrogens (tertiary/aromatic N) is 3. The highest BCUT2D eigenvalue weighted by Gasteiger charge is 2.34. The van der Waals surface area contributed by atoms with Crippen molar-refractivity contribution in [3.63, 3.8) is 0 Å². The lowest BCUT2D eigenvalue weighted by molar-refractivity contribution is -0.139. The largest absolute Gasteiger partial charge is 0.481 e. The SMILES string of the molecule is Cc1cc(-c2nc3cnc(Oc4cccc(C(F)(F)F)c4Cl)nc3o2)cc(C)c1OCC(=O)O. The maximum Gasteiger partial charge on any atom is 0.417 e. The van der Waals surface area contributed by atoms with Crippen molar-refractivity contribution in [3.05, 3.63) is 58.2 Å². The van der Waals surface area contributed by atoms with Gasteiger partial charge in [-0.05, 0) is 49.2 Å². The van der Waals surface area contributed by atoms with E-state index in [4.69, 9.17) is 30.6 Å². The molecule has 0 saturated heterocycles.